The summed E-state index contributed by atoms with van der Waals surface area (Å²) in [7, 11) is 0. The van der Waals surface area contributed by atoms with Crippen molar-refractivity contribution >= 4 is 12.4 Å². The van der Waals surface area contributed by atoms with E-state index in [-0.39, 0.29) is 0 Å². The highest BCUT2D eigenvalue weighted by Gasteiger charge is 1.89. The molecular formula is C8H14N2O2. The molecule has 1 rings (SSSR count). The number of ether oxygens (including phenoxy) is 2. The highest BCUT2D eigenvalue weighted by Crippen LogP contribution is 1.81. The van der Waals surface area contributed by atoms with Crippen LogP contribution < -0.4 is 0 Å². The lowest BCUT2D eigenvalue weighted by atomic mass is 10.6. The van der Waals surface area contributed by atoms with Crippen molar-refractivity contribution in [3.8, 4) is 0 Å². The quantitative estimate of drug-likeness (QED) is 0.520. The highest BCUT2D eigenvalue weighted by molar-refractivity contribution is 6.15. The Balaban J connectivity index is 2.21. The monoisotopic (exact) mass is 170 g/mol. The van der Waals surface area contributed by atoms with E-state index in [1.807, 2.05) is 0 Å². The first-order valence-corrected chi connectivity index (χ1v) is 4.14. The molecule has 68 valence electrons. The van der Waals surface area contributed by atoms with E-state index >= 15 is 0 Å². The topological polar surface area (TPSA) is 43.2 Å². The van der Waals surface area contributed by atoms with E-state index in [1.54, 1.807) is 12.4 Å². The van der Waals surface area contributed by atoms with Crippen LogP contribution in [0.25, 0.3) is 0 Å². The van der Waals surface area contributed by atoms with Gasteiger partial charge >= 0.3 is 0 Å². The van der Waals surface area contributed by atoms with Crippen LogP contribution in [0.3, 0.4) is 0 Å². The van der Waals surface area contributed by atoms with E-state index in [1.165, 1.54) is 0 Å². The van der Waals surface area contributed by atoms with E-state index in [4.69, 9.17) is 9.47 Å². The molecule has 0 radical (unpaired) electrons. The lowest BCUT2D eigenvalue weighted by molar-refractivity contribution is 0.0540. The summed E-state index contributed by atoms with van der Waals surface area (Å²) in [5, 5.41) is 0. The summed E-state index contributed by atoms with van der Waals surface area (Å²) >= 11 is 0. The summed E-state index contributed by atoms with van der Waals surface area (Å²) < 4.78 is 10.4. The van der Waals surface area contributed by atoms with Crippen LogP contribution in [0.1, 0.15) is 0 Å². The molecule has 1 aliphatic rings. The van der Waals surface area contributed by atoms with Gasteiger partial charge in [-0.05, 0) is 0 Å². The van der Waals surface area contributed by atoms with Gasteiger partial charge < -0.3 is 9.47 Å². The summed E-state index contributed by atoms with van der Waals surface area (Å²) in [6, 6.07) is 0. The standard InChI is InChI=1S/C8H14N2O2/c1-2-10-4-6-12-8-7-11-5-3-9-1/h1-2H,3-8H2. The molecule has 0 atom stereocenters. The van der Waals surface area contributed by atoms with Crippen LogP contribution in [-0.2, 0) is 9.47 Å². The Bertz CT molecular complexity index is 139. The van der Waals surface area contributed by atoms with E-state index in [0.29, 0.717) is 39.5 Å². The van der Waals surface area contributed by atoms with Crippen LogP contribution in [0, 0.1) is 0 Å². The predicted molar refractivity (Wildman–Crippen MR) is 48.4 cm³/mol. The Morgan fingerprint density at radius 1 is 0.750 bits per heavy atom. The fourth-order valence-corrected chi connectivity index (χ4v) is 0.800. The fraction of sp³-hybridized carbons (Fsp3) is 0.750. The third-order valence-corrected chi connectivity index (χ3v) is 1.38. The maximum Gasteiger partial charge on any atom is 0.0701 e. The smallest absolute Gasteiger partial charge is 0.0701 e. The molecule has 0 aliphatic carbocycles. The van der Waals surface area contributed by atoms with Gasteiger partial charge in [0, 0.05) is 12.4 Å². The zero-order chi connectivity index (χ0) is 8.49. The molecule has 0 fully saturated rings. The van der Waals surface area contributed by atoms with E-state index in [2.05, 4.69) is 9.98 Å². The molecule has 4 nitrogen and oxygen atoms in total. The minimum absolute atomic E-state index is 0.652. The van der Waals surface area contributed by atoms with Gasteiger partial charge in [-0.3, -0.25) is 9.98 Å². The van der Waals surface area contributed by atoms with Crippen molar-refractivity contribution in [2.45, 2.75) is 0 Å². The van der Waals surface area contributed by atoms with Crippen LogP contribution in [0.4, 0.5) is 0 Å². The second-order valence-electron chi connectivity index (χ2n) is 2.34. The first-order chi connectivity index (χ1) is 6.00. The van der Waals surface area contributed by atoms with Gasteiger partial charge in [0.25, 0.3) is 0 Å². The average molecular weight is 170 g/mol. The van der Waals surface area contributed by atoms with Crippen molar-refractivity contribution < 1.29 is 9.47 Å². The SMILES string of the molecule is C1=NCCOCCOCCN=C1. The van der Waals surface area contributed by atoms with Crippen molar-refractivity contribution in [1.29, 1.82) is 0 Å². The van der Waals surface area contributed by atoms with Crippen molar-refractivity contribution in [1.82, 2.24) is 0 Å². The second kappa shape index (κ2) is 6.94. The summed E-state index contributed by atoms with van der Waals surface area (Å²) in [5.74, 6) is 0. The Kier molecular flexibility index (Phi) is 5.41. The van der Waals surface area contributed by atoms with Crippen LogP contribution in [0.5, 0.6) is 0 Å². The van der Waals surface area contributed by atoms with E-state index in [0.717, 1.165) is 0 Å². The van der Waals surface area contributed by atoms with Gasteiger partial charge in [0.05, 0.1) is 39.5 Å². The molecular weight excluding hydrogens is 156 g/mol. The van der Waals surface area contributed by atoms with Gasteiger partial charge in [-0.1, -0.05) is 0 Å². The molecule has 0 aromatic heterocycles. The molecule has 0 saturated heterocycles. The molecule has 0 N–H and O–H groups in total. The highest BCUT2D eigenvalue weighted by atomic mass is 16.5. The summed E-state index contributed by atoms with van der Waals surface area (Å²) in [6.07, 6.45) is 3.40. The Labute approximate surface area is 72.3 Å². The first-order valence-electron chi connectivity index (χ1n) is 4.14. The molecule has 0 amide bonds. The zero-order valence-corrected chi connectivity index (χ0v) is 7.11. The Hall–Kier alpha value is -0.740. The van der Waals surface area contributed by atoms with E-state index < -0.39 is 0 Å². The number of rotatable bonds is 0. The molecule has 4 heteroatoms. The number of nitrogens with zero attached hydrogens (tertiary/aromatic N) is 2. The van der Waals surface area contributed by atoms with Crippen molar-refractivity contribution in [2.24, 2.45) is 9.98 Å². The third-order valence-electron chi connectivity index (χ3n) is 1.38. The summed E-state index contributed by atoms with van der Waals surface area (Å²) in [4.78, 5) is 8.13. The van der Waals surface area contributed by atoms with Crippen LogP contribution in [-0.4, -0.2) is 51.9 Å². The maximum atomic E-state index is 5.22. The van der Waals surface area contributed by atoms with Gasteiger partial charge in [0.15, 0.2) is 0 Å². The maximum absolute atomic E-state index is 5.22. The van der Waals surface area contributed by atoms with Crippen LogP contribution in [0.2, 0.25) is 0 Å². The van der Waals surface area contributed by atoms with Crippen LogP contribution in [0.15, 0.2) is 9.98 Å². The van der Waals surface area contributed by atoms with Crippen LogP contribution >= 0.6 is 0 Å². The average Bonchev–Trinajstić information content (AvgIpc) is 2.05. The minimum atomic E-state index is 0.652. The van der Waals surface area contributed by atoms with E-state index in [9.17, 15) is 0 Å². The third kappa shape index (κ3) is 4.98. The number of hydrogen-bond donors (Lipinski definition) is 0. The molecule has 0 aromatic carbocycles. The molecule has 0 spiro atoms. The van der Waals surface area contributed by atoms with Gasteiger partial charge in [-0.15, -0.1) is 0 Å². The van der Waals surface area contributed by atoms with Crippen molar-refractivity contribution in [3.05, 3.63) is 0 Å². The second-order valence-corrected chi connectivity index (χ2v) is 2.34. The molecule has 12 heavy (non-hydrogen) atoms. The Morgan fingerprint density at radius 3 is 1.75 bits per heavy atom. The number of aliphatic imine (C=N–C) groups is 2. The fourth-order valence-electron chi connectivity index (χ4n) is 0.800. The molecule has 1 heterocycles. The molecule has 0 saturated carbocycles. The first kappa shape index (κ1) is 9.35. The molecule has 1 aliphatic heterocycles. The summed E-state index contributed by atoms with van der Waals surface area (Å²) in [6.45, 7) is 4.03. The van der Waals surface area contributed by atoms with Crippen molar-refractivity contribution in [2.75, 3.05) is 39.5 Å². The van der Waals surface area contributed by atoms with Gasteiger partial charge in [-0.2, -0.15) is 0 Å². The summed E-state index contributed by atoms with van der Waals surface area (Å²) in [5.41, 5.74) is 0. The van der Waals surface area contributed by atoms with Gasteiger partial charge in [0.1, 0.15) is 0 Å². The molecule has 0 aromatic rings. The van der Waals surface area contributed by atoms with Crippen molar-refractivity contribution in [3.63, 3.8) is 0 Å². The molecule has 0 unspecified atom stereocenters. The predicted octanol–water partition coefficient (Wildman–Crippen LogP) is 0.175. The lowest BCUT2D eigenvalue weighted by Crippen LogP contribution is -2.09. The normalized spacial score (nSPS) is 21.3. The molecule has 0 bridgehead atoms. The van der Waals surface area contributed by atoms with Gasteiger partial charge in [0.2, 0.25) is 0 Å². The van der Waals surface area contributed by atoms with Gasteiger partial charge in [-0.25, -0.2) is 0 Å². The zero-order valence-electron chi connectivity index (χ0n) is 7.11. The Morgan fingerprint density at radius 2 is 1.25 bits per heavy atom. The minimum Gasteiger partial charge on any atom is -0.377 e. The lowest BCUT2D eigenvalue weighted by Gasteiger charge is -2.03. The number of hydrogen-bond acceptors (Lipinski definition) is 4. The largest absolute Gasteiger partial charge is 0.377 e.